The number of hydrogen-bond acceptors (Lipinski definition) is 8. The Bertz CT molecular complexity index is 1670. The van der Waals surface area contributed by atoms with E-state index in [-0.39, 0.29) is 55.7 Å². The largest absolute Gasteiger partial charge is 0.496 e. The fourth-order valence-corrected chi connectivity index (χ4v) is 5.68. The third kappa shape index (κ3) is 8.57. The number of carbonyl (C=O) groups is 4. The molecule has 8 rings (SSSR count). The molecule has 12 nitrogen and oxygen atoms in total. The maximum atomic E-state index is 13.2. The van der Waals surface area contributed by atoms with Crippen LogP contribution in [0.15, 0.2) is 54.6 Å². The number of likely N-dealkylation sites (tertiary alicyclic amines) is 1. The summed E-state index contributed by atoms with van der Waals surface area (Å²) in [5, 5.41) is 8.95. The van der Waals surface area contributed by atoms with Gasteiger partial charge in [-0.1, -0.05) is 29.3 Å². The van der Waals surface area contributed by atoms with Crippen LogP contribution in [-0.2, 0) is 27.3 Å². The highest BCUT2D eigenvalue weighted by atomic mass is 35.5. The first-order valence-corrected chi connectivity index (χ1v) is 15.6. The first kappa shape index (κ1) is 33.7. The van der Waals surface area contributed by atoms with Gasteiger partial charge in [-0.05, 0) is 54.4 Å². The molecule has 248 valence electrons. The van der Waals surface area contributed by atoms with Crippen LogP contribution in [0.1, 0.15) is 27.9 Å². The van der Waals surface area contributed by atoms with E-state index in [0.717, 1.165) is 11.1 Å². The van der Waals surface area contributed by atoms with Crippen LogP contribution >= 0.6 is 23.2 Å². The number of ether oxygens (including phenoxy) is 4. The Morgan fingerprint density at radius 1 is 0.957 bits per heavy atom. The minimum absolute atomic E-state index is 0.113. The molecular weight excluding hydrogens is 651 g/mol. The van der Waals surface area contributed by atoms with E-state index < -0.39 is 29.9 Å². The molecule has 0 saturated carbocycles. The Balaban J connectivity index is 1.34. The van der Waals surface area contributed by atoms with Crippen LogP contribution in [0.4, 0.5) is 0 Å². The highest BCUT2D eigenvalue weighted by molar-refractivity contribution is 6.35. The molecule has 2 atom stereocenters. The van der Waals surface area contributed by atoms with Gasteiger partial charge in [0, 0.05) is 36.2 Å². The minimum atomic E-state index is -0.657. The molecule has 0 radical (unpaired) electrons. The zero-order chi connectivity index (χ0) is 33.5. The molecule has 3 aromatic rings. The number of aryl methyl sites for hydroxylation is 1. The van der Waals surface area contributed by atoms with Crippen LogP contribution in [0, 0.1) is 0 Å². The molecular formula is C33H34Cl2N4O8. The summed E-state index contributed by atoms with van der Waals surface area (Å²) in [4.78, 5) is 53.2. The second-order valence-corrected chi connectivity index (χ2v) is 11.8. The second-order valence-electron chi connectivity index (χ2n) is 11.0. The van der Waals surface area contributed by atoms with E-state index in [1.54, 1.807) is 36.4 Å². The predicted octanol–water partition coefficient (Wildman–Crippen LogP) is 3.16. The molecule has 0 unspecified atom stereocenters. The number of nitrogens with zero attached hydrogens (tertiary/aromatic N) is 1. The molecule has 47 heavy (non-hydrogen) atoms. The highest BCUT2D eigenvalue weighted by Gasteiger charge is 2.38. The van der Waals surface area contributed by atoms with Gasteiger partial charge in [0.2, 0.25) is 11.8 Å². The van der Waals surface area contributed by atoms with E-state index in [0.29, 0.717) is 34.4 Å². The van der Waals surface area contributed by atoms with Crippen molar-refractivity contribution < 1.29 is 38.1 Å². The van der Waals surface area contributed by atoms with E-state index in [2.05, 4.69) is 16.0 Å². The molecule has 1 saturated heterocycles. The number of rotatable bonds is 5. The van der Waals surface area contributed by atoms with Crippen molar-refractivity contribution in [1.82, 2.24) is 20.9 Å². The van der Waals surface area contributed by atoms with Crippen molar-refractivity contribution in [2.75, 3.05) is 40.5 Å². The Kier molecular flexibility index (Phi) is 10.9. The van der Waals surface area contributed by atoms with Crippen molar-refractivity contribution in [3.8, 4) is 23.0 Å². The predicted molar refractivity (Wildman–Crippen MR) is 173 cm³/mol. The maximum absolute atomic E-state index is 13.2. The lowest BCUT2D eigenvalue weighted by Crippen LogP contribution is -2.47. The lowest BCUT2D eigenvalue weighted by molar-refractivity contribution is -0.129. The van der Waals surface area contributed by atoms with Gasteiger partial charge in [-0.25, -0.2) is 0 Å². The van der Waals surface area contributed by atoms with Crippen LogP contribution < -0.4 is 34.9 Å². The summed E-state index contributed by atoms with van der Waals surface area (Å²) in [6.45, 7) is -0.165. The molecule has 0 spiro atoms. The molecule has 5 heterocycles. The minimum Gasteiger partial charge on any atom is -0.496 e. The zero-order valence-corrected chi connectivity index (χ0v) is 27.3. The van der Waals surface area contributed by atoms with Crippen LogP contribution in [0.25, 0.3) is 0 Å². The average molecular weight is 686 g/mol. The Morgan fingerprint density at radius 2 is 1.77 bits per heavy atom. The van der Waals surface area contributed by atoms with Gasteiger partial charge in [-0.3, -0.25) is 19.2 Å². The number of hydrogen-bond donors (Lipinski definition) is 3. The summed E-state index contributed by atoms with van der Waals surface area (Å²) in [6, 6.07) is 14.3. The van der Waals surface area contributed by atoms with E-state index in [4.69, 9.17) is 42.1 Å². The van der Waals surface area contributed by atoms with Gasteiger partial charge >= 0.3 is 0 Å². The second kappa shape index (κ2) is 15.3. The molecule has 3 N–H and O–H groups in total. The molecule has 1 fully saturated rings. The Hall–Kier alpha value is -4.68. The summed E-state index contributed by atoms with van der Waals surface area (Å²) >= 11 is 12.1. The number of nitrogens with one attached hydrogen (secondary N) is 3. The number of halogens is 2. The topological polar surface area (TPSA) is 145 Å². The van der Waals surface area contributed by atoms with Crippen LogP contribution in [0.3, 0.4) is 0 Å². The summed E-state index contributed by atoms with van der Waals surface area (Å²) in [7, 11) is 3.01. The SMILES string of the molecule is COc1cc2ccc1CNC(=O)CCc1ccc(c(OC)c1)OCC(=O)N[C@@H]1CN(C(=O)CNC(=O)c3cc(Cl)ccc3Cl)C[C@H]1O2. The van der Waals surface area contributed by atoms with Crippen molar-refractivity contribution >= 4 is 46.8 Å². The van der Waals surface area contributed by atoms with E-state index >= 15 is 0 Å². The Morgan fingerprint density at radius 3 is 2.55 bits per heavy atom. The van der Waals surface area contributed by atoms with Gasteiger partial charge in [0.1, 0.15) is 17.6 Å². The first-order chi connectivity index (χ1) is 22.6. The van der Waals surface area contributed by atoms with Crippen LogP contribution in [0.2, 0.25) is 10.0 Å². The van der Waals surface area contributed by atoms with Gasteiger partial charge in [-0.15, -0.1) is 0 Å². The quantitative estimate of drug-likeness (QED) is 0.372. The summed E-state index contributed by atoms with van der Waals surface area (Å²) in [6.07, 6.45) is 0.0741. The first-order valence-electron chi connectivity index (χ1n) is 14.8. The zero-order valence-electron chi connectivity index (χ0n) is 25.8. The lowest BCUT2D eigenvalue weighted by atomic mass is 10.1. The van der Waals surface area contributed by atoms with Crippen LogP contribution in [-0.4, -0.2) is 81.1 Å². The number of carbonyl (C=O) groups excluding carboxylic acids is 4. The summed E-state index contributed by atoms with van der Waals surface area (Å²) in [5.74, 6) is 0.209. The summed E-state index contributed by atoms with van der Waals surface area (Å²) in [5.41, 5.74) is 1.76. The van der Waals surface area contributed by atoms with Gasteiger partial charge < -0.3 is 39.8 Å². The fourth-order valence-electron chi connectivity index (χ4n) is 5.31. The van der Waals surface area contributed by atoms with Crippen molar-refractivity contribution in [2.45, 2.75) is 31.5 Å². The lowest BCUT2D eigenvalue weighted by Gasteiger charge is -2.22. The fraction of sp³-hybridized carbons (Fsp3) is 0.333. The van der Waals surface area contributed by atoms with E-state index in [1.165, 1.54) is 31.3 Å². The molecule has 0 aromatic heterocycles. The molecule has 3 aromatic carbocycles. The molecule has 14 heteroatoms. The average Bonchev–Trinajstić information content (AvgIpc) is 3.46. The molecule has 4 amide bonds. The number of amides is 4. The molecule has 4 bridgehead atoms. The van der Waals surface area contributed by atoms with Crippen molar-refractivity contribution in [3.63, 3.8) is 0 Å². The number of benzene rings is 3. The third-order valence-electron chi connectivity index (χ3n) is 7.79. The van der Waals surface area contributed by atoms with Gasteiger partial charge in [0.25, 0.3) is 11.8 Å². The van der Waals surface area contributed by atoms with Gasteiger partial charge in [0.05, 0.1) is 43.9 Å². The highest BCUT2D eigenvalue weighted by Crippen LogP contribution is 2.30. The number of methoxy groups -OCH3 is 2. The van der Waals surface area contributed by atoms with Crippen molar-refractivity contribution in [3.05, 3.63) is 81.3 Å². The van der Waals surface area contributed by atoms with Gasteiger partial charge in [0.15, 0.2) is 18.1 Å². The molecule has 0 aliphatic carbocycles. The summed E-state index contributed by atoms with van der Waals surface area (Å²) < 4.78 is 23.1. The van der Waals surface area contributed by atoms with Crippen molar-refractivity contribution in [1.29, 1.82) is 0 Å². The van der Waals surface area contributed by atoms with Crippen molar-refractivity contribution in [2.24, 2.45) is 0 Å². The monoisotopic (exact) mass is 684 g/mol. The third-order valence-corrected chi connectivity index (χ3v) is 8.35. The van der Waals surface area contributed by atoms with Gasteiger partial charge in [-0.2, -0.15) is 0 Å². The normalized spacial score (nSPS) is 18.3. The van der Waals surface area contributed by atoms with E-state index in [9.17, 15) is 19.2 Å². The molecule has 5 aliphatic rings. The Labute approximate surface area is 281 Å². The van der Waals surface area contributed by atoms with E-state index in [1.807, 2.05) is 6.07 Å². The smallest absolute Gasteiger partial charge is 0.258 e. The van der Waals surface area contributed by atoms with Crippen LogP contribution in [0.5, 0.6) is 23.0 Å². The maximum Gasteiger partial charge on any atom is 0.258 e. The standard InChI is InChI=1S/C33H34Cl2N4O8/c1-44-27-13-22-7-5-20(27)14-36-30(40)10-4-19-3-9-26(28(11-19)45-2)46-18-31(41)38-25-16-39(17-29(25)47-22)32(42)15-37-33(43)23-12-21(34)6-8-24(23)35/h3,5-9,11-13,25,29H,4,10,14-18H2,1-2H3,(H,36,40)(H,37,43)(H,38,41)/t25-,29-/m1/s1. The molecule has 5 aliphatic heterocycles.